The Morgan fingerprint density at radius 2 is 2.00 bits per heavy atom. The molecule has 20 heavy (non-hydrogen) atoms. The number of sulfonamides is 1. The Bertz CT molecular complexity index is 591. The maximum atomic E-state index is 12.4. The first-order chi connectivity index (χ1) is 8.73. The molecule has 0 aliphatic heterocycles. The largest absolute Gasteiger partial charge is 0.329 e. The fourth-order valence-corrected chi connectivity index (χ4v) is 3.38. The highest BCUT2D eigenvalue weighted by molar-refractivity contribution is 7.89. The summed E-state index contributed by atoms with van der Waals surface area (Å²) in [7, 11) is -2.58. The second-order valence-corrected chi connectivity index (χ2v) is 6.22. The molecule has 9 heteroatoms. The first-order valence-corrected chi connectivity index (χ1v) is 7.09. The number of aryl methyl sites for hydroxylation is 1. The lowest BCUT2D eigenvalue weighted by Gasteiger charge is -2.23. The fourth-order valence-electron chi connectivity index (χ4n) is 1.65. The molecule has 0 amide bonds. The van der Waals surface area contributed by atoms with Gasteiger partial charge in [-0.2, -0.15) is 4.31 Å². The van der Waals surface area contributed by atoms with Crippen molar-refractivity contribution in [3.8, 4) is 0 Å². The molecule has 1 aromatic carbocycles. The highest BCUT2D eigenvalue weighted by Gasteiger charge is 2.33. The Kier molecular flexibility index (Phi) is 6.55. The van der Waals surface area contributed by atoms with Crippen molar-refractivity contribution in [3.63, 3.8) is 0 Å². The summed E-state index contributed by atoms with van der Waals surface area (Å²) >= 11 is 0. The lowest BCUT2D eigenvalue weighted by atomic mass is 10.2. The molecule has 1 rings (SSSR count). The van der Waals surface area contributed by atoms with Crippen LogP contribution in [0, 0.1) is 17.0 Å². The monoisotopic (exact) mass is 323 g/mol. The molecular weight excluding hydrogens is 306 g/mol. The molecule has 0 saturated carbocycles. The van der Waals surface area contributed by atoms with Gasteiger partial charge in [-0.15, -0.1) is 12.4 Å². The molecule has 2 N–H and O–H groups in total. The number of halogens is 1. The van der Waals surface area contributed by atoms with E-state index in [4.69, 9.17) is 5.73 Å². The molecule has 0 aromatic heterocycles. The van der Waals surface area contributed by atoms with E-state index < -0.39 is 26.7 Å². The fraction of sp³-hybridized carbons (Fsp3) is 0.455. The standard InChI is InChI=1S/C11H17N3O4S.ClH/c1-8-5-4-6-10(14(15)16)11(8)19(17,18)13(3)9(2)7-12;/h4-6,9H,7,12H2,1-3H3;1H. The van der Waals surface area contributed by atoms with Gasteiger partial charge in [0, 0.05) is 25.7 Å². The van der Waals surface area contributed by atoms with Crippen molar-refractivity contribution in [1.82, 2.24) is 4.31 Å². The first-order valence-electron chi connectivity index (χ1n) is 5.65. The van der Waals surface area contributed by atoms with Crippen molar-refractivity contribution < 1.29 is 13.3 Å². The zero-order valence-electron chi connectivity index (χ0n) is 11.4. The third kappa shape index (κ3) is 3.45. The van der Waals surface area contributed by atoms with Crippen LogP contribution >= 0.6 is 12.4 Å². The van der Waals surface area contributed by atoms with Crippen molar-refractivity contribution in [2.45, 2.75) is 24.8 Å². The van der Waals surface area contributed by atoms with Gasteiger partial charge in [0.25, 0.3) is 5.69 Å². The van der Waals surface area contributed by atoms with Crippen LogP contribution in [-0.2, 0) is 10.0 Å². The van der Waals surface area contributed by atoms with E-state index in [0.29, 0.717) is 5.56 Å². The molecule has 0 heterocycles. The summed E-state index contributed by atoms with van der Waals surface area (Å²) in [6, 6.07) is 3.73. The van der Waals surface area contributed by atoms with Gasteiger partial charge in [0.2, 0.25) is 10.0 Å². The lowest BCUT2D eigenvalue weighted by Crippen LogP contribution is -2.40. The van der Waals surface area contributed by atoms with Gasteiger partial charge in [0.15, 0.2) is 4.90 Å². The minimum Gasteiger partial charge on any atom is -0.329 e. The van der Waals surface area contributed by atoms with Crippen molar-refractivity contribution >= 4 is 28.1 Å². The van der Waals surface area contributed by atoms with Gasteiger partial charge in [-0.05, 0) is 19.4 Å². The van der Waals surface area contributed by atoms with Crippen LogP contribution in [0.3, 0.4) is 0 Å². The van der Waals surface area contributed by atoms with Crippen LogP contribution in [0.2, 0.25) is 0 Å². The zero-order chi connectivity index (χ0) is 14.8. The minimum atomic E-state index is -3.94. The summed E-state index contributed by atoms with van der Waals surface area (Å²) in [5.74, 6) is 0. The molecule has 0 radical (unpaired) electrons. The number of hydrogen-bond donors (Lipinski definition) is 1. The summed E-state index contributed by atoms with van der Waals surface area (Å²) in [6.07, 6.45) is 0. The third-order valence-electron chi connectivity index (χ3n) is 2.99. The summed E-state index contributed by atoms with van der Waals surface area (Å²) in [6.45, 7) is 3.30. The Balaban J connectivity index is 0.00000361. The number of hydrogen-bond acceptors (Lipinski definition) is 5. The van der Waals surface area contributed by atoms with Gasteiger partial charge in [0.1, 0.15) is 0 Å². The molecule has 0 spiro atoms. The summed E-state index contributed by atoms with van der Waals surface area (Å²) < 4.78 is 25.9. The zero-order valence-corrected chi connectivity index (χ0v) is 13.1. The highest BCUT2D eigenvalue weighted by atomic mass is 35.5. The Labute approximate surface area is 124 Å². The van der Waals surface area contributed by atoms with E-state index in [9.17, 15) is 18.5 Å². The number of nitrogens with zero attached hydrogens (tertiary/aromatic N) is 2. The van der Waals surface area contributed by atoms with E-state index >= 15 is 0 Å². The molecule has 114 valence electrons. The average molecular weight is 324 g/mol. The van der Waals surface area contributed by atoms with Crippen LogP contribution in [0.4, 0.5) is 5.69 Å². The summed E-state index contributed by atoms with van der Waals surface area (Å²) in [5.41, 5.74) is 5.36. The van der Waals surface area contributed by atoms with Crippen LogP contribution in [0.1, 0.15) is 12.5 Å². The van der Waals surface area contributed by atoms with E-state index in [1.165, 1.54) is 32.2 Å². The Morgan fingerprint density at radius 3 is 2.45 bits per heavy atom. The second kappa shape index (κ2) is 6.98. The maximum absolute atomic E-state index is 12.4. The maximum Gasteiger partial charge on any atom is 0.289 e. The van der Waals surface area contributed by atoms with Crippen LogP contribution in [0.25, 0.3) is 0 Å². The van der Waals surface area contributed by atoms with Gasteiger partial charge >= 0.3 is 0 Å². The molecular formula is C11H18ClN3O4S. The first kappa shape index (κ1) is 18.8. The van der Waals surface area contributed by atoms with Gasteiger partial charge in [-0.25, -0.2) is 8.42 Å². The molecule has 1 unspecified atom stereocenters. The predicted octanol–water partition coefficient (Wildman–Crippen LogP) is 1.29. The molecule has 1 atom stereocenters. The quantitative estimate of drug-likeness (QED) is 0.649. The summed E-state index contributed by atoms with van der Waals surface area (Å²) in [5, 5.41) is 11.0. The van der Waals surface area contributed by atoms with Crippen molar-refractivity contribution in [3.05, 3.63) is 33.9 Å². The smallest absolute Gasteiger partial charge is 0.289 e. The molecule has 0 aliphatic rings. The molecule has 0 fully saturated rings. The number of nitro groups is 1. The molecule has 1 aromatic rings. The van der Waals surface area contributed by atoms with Crippen LogP contribution in [0.15, 0.2) is 23.1 Å². The third-order valence-corrected chi connectivity index (χ3v) is 5.15. The summed E-state index contributed by atoms with van der Waals surface area (Å²) in [4.78, 5) is 10.0. The molecule has 0 saturated heterocycles. The van der Waals surface area contributed by atoms with E-state index in [1.54, 1.807) is 6.92 Å². The minimum absolute atomic E-state index is 0. The normalized spacial score (nSPS) is 12.8. The highest BCUT2D eigenvalue weighted by Crippen LogP contribution is 2.29. The number of rotatable bonds is 5. The predicted molar refractivity (Wildman–Crippen MR) is 78.5 cm³/mol. The number of benzene rings is 1. The number of likely N-dealkylation sites (N-methyl/N-ethyl adjacent to an activating group) is 1. The van der Waals surface area contributed by atoms with Crippen LogP contribution in [-0.4, -0.2) is 37.3 Å². The average Bonchev–Trinajstić information content (AvgIpc) is 2.36. The van der Waals surface area contributed by atoms with Crippen LogP contribution in [0.5, 0.6) is 0 Å². The Morgan fingerprint density at radius 1 is 1.45 bits per heavy atom. The van der Waals surface area contributed by atoms with Crippen molar-refractivity contribution in [2.75, 3.05) is 13.6 Å². The van der Waals surface area contributed by atoms with E-state index in [1.807, 2.05) is 0 Å². The van der Waals surface area contributed by atoms with Crippen molar-refractivity contribution in [2.24, 2.45) is 5.73 Å². The SMILES string of the molecule is Cc1cccc([N+](=O)[O-])c1S(=O)(=O)N(C)C(C)CN.Cl. The molecule has 7 nitrogen and oxygen atoms in total. The van der Waals surface area contributed by atoms with Gasteiger partial charge < -0.3 is 5.73 Å². The van der Waals surface area contributed by atoms with E-state index in [-0.39, 0.29) is 23.8 Å². The van der Waals surface area contributed by atoms with Crippen LogP contribution < -0.4 is 5.73 Å². The van der Waals surface area contributed by atoms with Gasteiger partial charge in [-0.1, -0.05) is 12.1 Å². The molecule has 0 bridgehead atoms. The lowest BCUT2D eigenvalue weighted by molar-refractivity contribution is -0.387. The number of nitro benzene ring substituents is 1. The van der Waals surface area contributed by atoms with Gasteiger partial charge in [-0.3, -0.25) is 10.1 Å². The topological polar surface area (TPSA) is 107 Å². The molecule has 0 aliphatic carbocycles. The Hall–Kier alpha value is -1.22. The van der Waals surface area contributed by atoms with Crippen molar-refractivity contribution in [1.29, 1.82) is 0 Å². The number of nitrogens with two attached hydrogens (primary N) is 1. The van der Waals surface area contributed by atoms with E-state index in [2.05, 4.69) is 0 Å². The van der Waals surface area contributed by atoms with E-state index in [0.717, 1.165) is 4.31 Å². The van der Waals surface area contributed by atoms with Gasteiger partial charge in [0.05, 0.1) is 4.92 Å². The second-order valence-electron chi connectivity index (χ2n) is 4.29.